The average molecular weight is 351 g/mol. The second-order valence-corrected chi connectivity index (χ2v) is 6.02. The van der Waals surface area contributed by atoms with E-state index in [1.54, 1.807) is 6.07 Å². The van der Waals surface area contributed by atoms with E-state index < -0.39 is 0 Å². The molecule has 0 bridgehead atoms. The zero-order chi connectivity index (χ0) is 15.4. The summed E-state index contributed by atoms with van der Waals surface area (Å²) in [6.45, 7) is 2.65. The molecule has 112 valence electrons. The number of nitrogens with zero attached hydrogens (tertiary/aromatic N) is 1. The summed E-state index contributed by atoms with van der Waals surface area (Å²) in [4.78, 5) is 2.04. The highest BCUT2D eigenvalue weighted by Crippen LogP contribution is 2.29. The fraction of sp³-hybridized carbons (Fsp3) is 0.294. The van der Waals surface area contributed by atoms with Crippen molar-refractivity contribution < 1.29 is 4.39 Å². The summed E-state index contributed by atoms with van der Waals surface area (Å²) in [6.07, 6.45) is 0. The van der Waals surface area contributed by atoms with Crippen LogP contribution in [0, 0.1) is 5.82 Å². The lowest BCUT2D eigenvalue weighted by atomic mass is 10.1. The number of hydrogen-bond donors (Lipinski definition) is 1. The van der Waals surface area contributed by atoms with Gasteiger partial charge in [-0.2, -0.15) is 0 Å². The second kappa shape index (κ2) is 7.05. The molecule has 1 atom stereocenters. The molecule has 0 aliphatic rings. The van der Waals surface area contributed by atoms with Gasteiger partial charge in [0, 0.05) is 29.7 Å². The summed E-state index contributed by atoms with van der Waals surface area (Å²) in [5.41, 5.74) is 2.96. The molecule has 0 radical (unpaired) electrons. The summed E-state index contributed by atoms with van der Waals surface area (Å²) < 4.78 is 14.8. The van der Waals surface area contributed by atoms with Gasteiger partial charge in [-0.15, -0.1) is 0 Å². The van der Waals surface area contributed by atoms with Crippen LogP contribution in [0.3, 0.4) is 0 Å². The normalized spacial score (nSPS) is 12.2. The van der Waals surface area contributed by atoms with Gasteiger partial charge in [0.2, 0.25) is 0 Å². The maximum Gasteiger partial charge on any atom is 0.128 e. The molecule has 1 unspecified atom stereocenters. The van der Waals surface area contributed by atoms with Crippen LogP contribution >= 0.6 is 15.9 Å². The van der Waals surface area contributed by atoms with E-state index in [0.29, 0.717) is 18.2 Å². The lowest BCUT2D eigenvalue weighted by Gasteiger charge is -2.22. The third kappa shape index (κ3) is 3.83. The van der Waals surface area contributed by atoms with Crippen LogP contribution in [-0.2, 0) is 6.54 Å². The molecule has 0 aliphatic heterocycles. The topological polar surface area (TPSA) is 15.3 Å². The van der Waals surface area contributed by atoms with Crippen molar-refractivity contribution in [2.24, 2.45) is 0 Å². The molecule has 0 aromatic heterocycles. The van der Waals surface area contributed by atoms with Gasteiger partial charge in [-0.25, -0.2) is 4.39 Å². The van der Waals surface area contributed by atoms with Crippen LogP contribution in [0.2, 0.25) is 0 Å². The first-order valence-electron chi connectivity index (χ1n) is 6.94. The number of halogens is 2. The average Bonchev–Trinajstić information content (AvgIpc) is 2.48. The second-order valence-electron chi connectivity index (χ2n) is 5.17. The molecule has 0 fully saturated rings. The molecule has 21 heavy (non-hydrogen) atoms. The van der Waals surface area contributed by atoms with Gasteiger partial charge in [-0.05, 0) is 53.7 Å². The molecular weight excluding hydrogens is 331 g/mol. The molecule has 2 aromatic rings. The first-order chi connectivity index (χ1) is 10.0. The van der Waals surface area contributed by atoms with Crippen LogP contribution in [0.1, 0.15) is 24.1 Å². The smallest absolute Gasteiger partial charge is 0.128 e. The molecular formula is C17H20BrFN2. The summed E-state index contributed by atoms with van der Waals surface area (Å²) in [6, 6.07) is 13.4. The maximum atomic E-state index is 13.7. The predicted octanol–water partition coefficient (Wildman–Crippen LogP) is 4.51. The molecule has 0 saturated carbocycles. The minimum atomic E-state index is -0.166. The van der Waals surface area contributed by atoms with Gasteiger partial charge in [-0.3, -0.25) is 0 Å². The summed E-state index contributed by atoms with van der Waals surface area (Å²) in [7, 11) is 3.91. The van der Waals surface area contributed by atoms with Crippen molar-refractivity contribution in [1.82, 2.24) is 5.32 Å². The molecule has 0 amide bonds. The molecule has 4 heteroatoms. The lowest BCUT2D eigenvalue weighted by Crippen LogP contribution is -2.18. The van der Waals surface area contributed by atoms with Crippen molar-refractivity contribution in [2.75, 3.05) is 19.0 Å². The molecule has 2 aromatic carbocycles. The van der Waals surface area contributed by atoms with Crippen LogP contribution < -0.4 is 10.2 Å². The molecule has 0 saturated heterocycles. The van der Waals surface area contributed by atoms with Gasteiger partial charge in [-0.1, -0.05) is 24.3 Å². The monoisotopic (exact) mass is 350 g/mol. The minimum Gasteiger partial charge on any atom is -0.369 e. The van der Waals surface area contributed by atoms with Crippen molar-refractivity contribution in [1.29, 1.82) is 0 Å². The Morgan fingerprint density at radius 2 is 1.95 bits per heavy atom. The maximum absolute atomic E-state index is 13.7. The first kappa shape index (κ1) is 16.0. The Hall–Kier alpha value is -1.39. The third-order valence-electron chi connectivity index (χ3n) is 3.68. The van der Waals surface area contributed by atoms with Gasteiger partial charge in [0.05, 0.1) is 5.69 Å². The summed E-state index contributed by atoms with van der Waals surface area (Å²) in [5.74, 6) is -0.166. The van der Waals surface area contributed by atoms with Crippen LogP contribution in [0.25, 0.3) is 0 Å². The molecule has 2 nitrogen and oxygen atoms in total. The van der Waals surface area contributed by atoms with E-state index in [1.807, 2.05) is 31.1 Å². The fourth-order valence-corrected chi connectivity index (χ4v) is 2.94. The Labute approximate surface area is 134 Å². The van der Waals surface area contributed by atoms with Crippen molar-refractivity contribution in [3.63, 3.8) is 0 Å². The van der Waals surface area contributed by atoms with Crippen molar-refractivity contribution in [3.8, 4) is 0 Å². The van der Waals surface area contributed by atoms with Crippen LogP contribution in [0.15, 0.2) is 46.9 Å². The first-order valence-corrected chi connectivity index (χ1v) is 7.73. The molecule has 0 spiro atoms. The van der Waals surface area contributed by atoms with Crippen molar-refractivity contribution in [2.45, 2.75) is 19.5 Å². The third-order valence-corrected chi connectivity index (χ3v) is 4.32. The summed E-state index contributed by atoms with van der Waals surface area (Å²) in [5, 5.41) is 3.22. The van der Waals surface area contributed by atoms with Gasteiger partial charge in [0.1, 0.15) is 5.82 Å². The van der Waals surface area contributed by atoms with Gasteiger partial charge >= 0.3 is 0 Å². The highest BCUT2D eigenvalue weighted by Gasteiger charge is 2.11. The Bertz CT molecular complexity index is 615. The predicted molar refractivity (Wildman–Crippen MR) is 90.1 cm³/mol. The van der Waals surface area contributed by atoms with Crippen LogP contribution in [0.5, 0.6) is 0 Å². The van der Waals surface area contributed by atoms with Gasteiger partial charge in [0.15, 0.2) is 0 Å². The van der Waals surface area contributed by atoms with E-state index in [1.165, 1.54) is 11.6 Å². The van der Waals surface area contributed by atoms with E-state index in [-0.39, 0.29) is 5.82 Å². The van der Waals surface area contributed by atoms with E-state index in [4.69, 9.17) is 0 Å². The Balaban J connectivity index is 2.20. The van der Waals surface area contributed by atoms with E-state index >= 15 is 0 Å². The van der Waals surface area contributed by atoms with Crippen molar-refractivity contribution in [3.05, 3.63) is 63.9 Å². The van der Waals surface area contributed by atoms with E-state index in [0.717, 1.165) is 10.2 Å². The number of benzene rings is 2. The molecule has 1 N–H and O–H groups in total. The standard InChI is InChI=1S/C17H20BrFN2/c1-12(20-2)13-8-9-17(15(18)10-13)21(3)11-14-6-4-5-7-16(14)19/h4-10,12,20H,11H2,1-3H3. The number of rotatable bonds is 5. The molecule has 2 rings (SSSR count). The van der Waals surface area contributed by atoms with Crippen LogP contribution in [-0.4, -0.2) is 14.1 Å². The highest BCUT2D eigenvalue weighted by molar-refractivity contribution is 9.10. The molecule has 0 heterocycles. The Morgan fingerprint density at radius 3 is 2.57 bits per heavy atom. The lowest BCUT2D eigenvalue weighted by molar-refractivity contribution is 0.608. The van der Waals surface area contributed by atoms with Crippen LogP contribution in [0.4, 0.5) is 10.1 Å². The van der Waals surface area contributed by atoms with E-state index in [2.05, 4.69) is 46.4 Å². The summed E-state index contributed by atoms with van der Waals surface area (Å²) >= 11 is 3.61. The molecule has 0 aliphatic carbocycles. The number of nitrogens with one attached hydrogen (secondary N) is 1. The number of hydrogen-bond acceptors (Lipinski definition) is 2. The largest absolute Gasteiger partial charge is 0.369 e. The minimum absolute atomic E-state index is 0.166. The highest BCUT2D eigenvalue weighted by atomic mass is 79.9. The Kier molecular flexibility index (Phi) is 5.37. The fourth-order valence-electron chi connectivity index (χ4n) is 2.24. The SMILES string of the molecule is CNC(C)c1ccc(N(C)Cc2ccccc2F)c(Br)c1. The van der Waals surface area contributed by atoms with E-state index in [9.17, 15) is 4.39 Å². The quantitative estimate of drug-likeness (QED) is 0.853. The zero-order valence-corrected chi connectivity index (χ0v) is 14.1. The van der Waals surface area contributed by atoms with Crippen molar-refractivity contribution >= 4 is 21.6 Å². The zero-order valence-electron chi connectivity index (χ0n) is 12.5. The van der Waals surface area contributed by atoms with Gasteiger partial charge in [0.25, 0.3) is 0 Å². The Morgan fingerprint density at radius 1 is 1.24 bits per heavy atom. The number of anilines is 1. The van der Waals surface area contributed by atoms with Gasteiger partial charge < -0.3 is 10.2 Å².